The van der Waals surface area contributed by atoms with Gasteiger partial charge in [0.2, 0.25) is 0 Å². The van der Waals surface area contributed by atoms with Gasteiger partial charge < -0.3 is 18.9 Å². The van der Waals surface area contributed by atoms with Crippen LogP contribution in [0.15, 0.2) is 36.1 Å². The maximum Gasteiger partial charge on any atom is 0.334 e. The number of esters is 1. The molecule has 0 spiro atoms. The van der Waals surface area contributed by atoms with Crippen LogP contribution in [0.2, 0.25) is 0 Å². The highest BCUT2D eigenvalue weighted by Crippen LogP contribution is 2.52. The van der Waals surface area contributed by atoms with E-state index in [9.17, 15) is 4.79 Å². The van der Waals surface area contributed by atoms with E-state index in [-0.39, 0.29) is 47.5 Å². The first-order valence-electron chi connectivity index (χ1n) is 9.61. The monoisotopic (exact) mass is 358 g/mol. The lowest BCUT2D eigenvalue weighted by Gasteiger charge is -2.19. The third kappa shape index (κ3) is 2.48. The standard InChI is InChI=1S/C21H26O5/c1-11-15-7-8-20(3)16(25-20)6-5-13-9-14(23-12(13)2)10-21(4)18(26-21)17(15)24-19(11)22/h9,14-18H,1-2,5-8,10H2,3-4H3. The summed E-state index contributed by atoms with van der Waals surface area (Å²) in [5.41, 5.74) is 1.31. The highest BCUT2D eigenvalue weighted by atomic mass is 16.6. The van der Waals surface area contributed by atoms with Crippen LogP contribution in [0.25, 0.3) is 0 Å². The molecule has 0 N–H and O–H groups in total. The van der Waals surface area contributed by atoms with E-state index in [4.69, 9.17) is 18.9 Å². The number of allylic oxidation sites excluding steroid dienone is 1. The third-order valence-electron chi connectivity index (χ3n) is 6.90. The molecule has 5 rings (SSSR count). The van der Waals surface area contributed by atoms with Gasteiger partial charge in [-0.15, -0.1) is 0 Å². The molecule has 2 bridgehead atoms. The molecule has 5 aliphatic rings. The van der Waals surface area contributed by atoms with Gasteiger partial charge in [0.05, 0.1) is 17.3 Å². The van der Waals surface area contributed by atoms with Gasteiger partial charge in [0.1, 0.15) is 24.1 Å². The third-order valence-corrected chi connectivity index (χ3v) is 6.90. The van der Waals surface area contributed by atoms with Crippen molar-refractivity contribution in [2.75, 3.05) is 0 Å². The van der Waals surface area contributed by atoms with Crippen LogP contribution in [-0.2, 0) is 23.7 Å². The van der Waals surface area contributed by atoms with Crippen LogP contribution in [0, 0.1) is 5.92 Å². The van der Waals surface area contributed by atoms with Gasteiger partial charge in [0, 0.05) is 17.9 Å². The molecule has 0 aromatic rings. The van der Waals surface area contributed by atoms with Gasteiger partial charge in [-0.05, 0) is 51.2 Å². The van der Waals surface area contributed by atoms with Crippen molar-refractivity contribution in [1.82, 2.24) is 0 Å². The molecule has 0 aromatic carbocycles. The molecule has 1 aliphatic carbocycles. The molecular weight excluding hydrogens is 332 g/mol. The first kappa shape index (κ1) is 16.6. The number of carbonyl (C=O) groups excluding carboxylic acids is 1. The number of fused-ring (bicyclic) bond motifs is 5. The van der Waals surface area contributed by atoms with E-state index in [2.05, 4.69) is 33.1 Å². The molecule has 0 amide bonds. The van der Waals surface area contributed by atoms with Gasteiger partial charge in [0.15, 0.2) is 0 Å². The zero-order valence-corrected chi connectivity index (χ0v) is 15.5. The molecule has 3 fully saturated rings. The molecule has 5 heteroatoms. The van der Waals surface area contributed by atoms with E-state index in [1.54, 1.807) is 0 Å². The Hall–Kier alpha value is -1.59. The highest BCUT2D eigenvalue weighted by molar-refractivity contribution is 5.91. The molecule has 0 radical (unpaired) electrons. The molecule has 3 saturated heterocycles. The maximum atomic E-state index is 12.1. The lowest BCUT2D eigenvalue weighted by atomic mass is 9.83. The lowest BCUT2D eigenvalue weighted by Crippen LogP contribution is -2.31. The van der Waals surface area contributed by atoms with E-state index < -0.39 is 0 Å². The smallest absolute Gasteiger partial charge is 0.334 e. The number of hydrogen-bond donors (Lipinski definition) is 0. The quantitative estimate of drug-likeness (QED) is 0.378. The van der Waals surface area contributed by atoms with Crippen molar-refractivity contribution in [3.05, 3.63) is 36.1 Å². The second kappa shape index (κ2) is 5.23. The summed E-state index contributed by atoms with van der Waals surface area (Å²) in [6, 6.07) is 0. The Bertz CT molecular complexity index is 739. The van der Waals surface area contributed by atoms with Crippen molar-refractivity contribution in [3.8, 4) is 0 Å². The Morgan fingerprint density at radius 1 is 1.12 bits per heavy atom. The Morgan fingerprint density at radius 2 is 1.92 bits per heavy atom. The Labute approximate surface area is 154 Å². The normalized spacial score (nSPS) is 49.8. The summed E-state index contributed by atoms with van der Waals surface area (Å²) >= 11 is 0. The topological polar surface area (TPSA) is 60.6 Å². The predicted molar refractivity (Wildman–Crippen MR) is 94.2 cm³/mol. The Morgan fingerprint density at radius 3 is 2.73 bits per heavy atom. The summed E-state index contributed by atoms with van der Waals surface area (Å²) in [6.45, 7) is 12.3. The van der Waals surface area contributed by atoms with E-state index in [1.165, 1.54) is 5.57 Å². The van der Waals surface area contributed by atoms with Gasteiger partial charge in [-0.2, -0.15) is 0 Å². The summed E-state index contributed by atoms with van der Waals surface area (Å²) in [4.78, 5) is 12.1. The van der Waals surface area contributed by atoms with Crippen molar-refractivity contribution < 1.29 is 23.7 Å². The molecule has 4 aliphatic heterocycles. The minimum atomic E-state index is -0.336. The summed E-state index contributed by atoms with van der Waals surface area (Å²) in [6.07, 6.45) is 6.43. The highest BCUT2D eigenvalue weighted by Gasteiger charge is 2.63. The van der Waals surface area contributed by atoms with Gasteiger partial charge >= 0.3 is 5.97 Å². The van der Waals surface area contributed by atoms with E-state index >= 15 is 0 Å². The van der Waals surface area contributed by atoms with Gasteiger partial charge in [-0.25, -0.2) is 4.79 Å². The van der Waals surface area contributed by atoms with Crippen LogP contribution in [0.4, 0.5) is 0 Å². The van der Waals surface area contributed by atoms with Crippen molar-refractivity contribution in [3.63, 3.8) is 0 Å². The van der Waals surface area contributed by atoms with Crippen LogP contribution in [0.1, 0.15) is 46.0 Å². The second-order valence-electron chi connectivity index (χ2n) is 8.82. The van der Waals surface area contributed by atoms with Crippen LogP contribution >= 0.6 is 0 Å². The number of ether oxygens (including phenoxy) is 4. The first-order chi connectivity index (χ1) is 12.3. The molecule has 0 aromatic heterocycles. The first-order valence-corrected chi connectivity index (χ1v) is 9.61. The Kier molecular flexibility index (Phi) is 3.33. The predicted octanol–water partition coefficient (Wildman–Crippen LogP) is 3.20. The van der Waals surface area contributed by atoms with Gasteiger partial charge in [-0.1, -0.05) is 13.2 Å². The largest absolute Gasteiger partial charge is 0.487 e. The minimum absolute atomic E-state index is 0.00417. The molecule has 4 heterocycles. The molecule has 7 atom stereocenters. The van der Waals surface area contributed by atoms with Gasteiger partial charge in [0.25, 0.3) is 0 Å². The fourth-order valence-electron chi connectivity index (χ4n) is 5.01. The summed E-state index contributed by atoms with van der Waals surface area (Å²) in [5.74, 6) is 0.490. The lowest BCUT2D eigenvalue weighted by molar-refractivity contribution is -0.140. The number of carbonyl (C=O) groups is 1. The molecule has 7 unspecified atom stereocenters. The number of hydrogen-bond acceptors (Lipinski definition) is 5. The average Bonchev–Trinajstić information content (AvgIpc) is 3.34. The van der Waals surface area contributed by atoms with Crippen molar-refractivity contribution in [1.29, 1.82) is 0 Å². The van der Waals surface area contributed by atoms with E-state index in [0.29, 0.717) is 5.57 Å². The number of rotatable bonds is 0. The number of epoxide rings is 2. The van der Waals surface area contributed by atoms with Crippen molar-refractivity contribution >= 4 is 5.97 Å². The molecule has 5 nitrogen and oxygen atoms in total. The van der Waals surface area contributed by atoms with Crippen LogP contribution in [0.3, 0.4) is 0 Å². The maximum absolute atomic E-state index is 12.1. The zero-order valence-electron chi connectivity index (χ0n) is 15.5. The van der Waals surface area contributed by atoms with Gasteiger partial charge in [-0.3, -0.25) is 0 Å². The summed E-state index contributed by atoms with van der Waals surface area (Å²) in [5, 5.41) is 0. The van der Waals surface area contributed by atoms with Crippen molar-refractivity contribution in [2.24, 2.45) is 5.92 Å². The fourth-order valence-corrected chi connectivity index (χ4v) is 5.01. The average molecular weight is 358 g/mol. The molecule has 26 heavy (non-hydrogen) atoms. The Balaban J connectivity index is 1.43. The minimum Gasteiger partial charge on any atom is -0.487 e. The second-order valence-corrected chi connectivity index (χ2v) is 8.82. The summed E-state index contributed by atoms with van der Waals surface area (Å²) < 4.78 is 23.7. The van der Waals surface area contributed by atoms with Crippen molar-refractivity contribution in [2.45, 2.75) is 81.6 Å². The SMILES string of the molecule is C=C1OC2C=C1CCC1OC1(C)CCC1C(=C)C(=O)OC1C1OC1(C)C2. The van der Waals surface area contributed by atoms with E-state index in [0.717, 1.165) is 37.9 Å². The zero-order chi connectivity index (χ0) is 18.3. The molecule has 140 valence electrons. The van der Waals surface area contributed by atoms with Crippen LogP contribution in [-0.4, -0.2) is 41.6 Å². The van der Waals surface area contributed by atoms with Crippen LogP contribution in [0.5, 0.6) is 0 Å². The summed E-state index contributed by atoms with van der Waals surface area (Å²) in [7, 11) is 0. The molecule has 0 saturated carbocycles. The fraction of sp³-hybridized carbons (Fsp3) is 0.667. The van der Waals surface area contributed by atoms with Crippen LogP contribution < -0.4 is 0 Å². The van der Waals surface area contributed by atoms with E-state index in [1.807, 2.05) is 0 Å². The molecular formula is C21H26O5.